The van der Waals surface area contributed by atoms with Crippen molar-refractivity contribution in [2.45, 2.75) is 32.6 Å². The van der Waals surface area contributed by atoms with E-state index < -0.39 is 0 Å². The number of rotatable bonds is 8. The van der Waals surface area contributed by atoms with E-state index in [0.29, 0.717) is 41.7 Å². The van der Waals surface area contributed by atoms with Crippen LogP contribution in [0.1, 0.15) is 35.0 Å². The smallest absolute Gasteiger partial charge is 0.155 e. The van der Waals surface area contributed by atoms with Gasteiger partial charge in [-0.1, -0.05) is 42.5 Å². The van der Waals surface area contributed by atoms with Crippen LogP contribution in [-0.2, 0) is 25.7 Å². The van der Waals surface area contributed by atoms with Gasteiger partial charge in [0.05, 0.1) is 30.6 Å². The lowest BCUT2D eigenvalue weighted by atomic mass is 9.98. The minimum atomic E-state index is -0.155. The second-order valence-electron chi connectivity index (χ2n) is 7.67. The van der Waals surface area contributed by atoms with Gasteiger partial charge in [0.2, 0.25) is 0 Å². The van der Waals surface area contributed by atoms with Gasteiger partial charge in [-0.15, -0.1) is 0 Å². The van der Waals surface area contributed by atoms with Crippen LogP contribution in [-0.4, -0.2) is 16.6 Å². The first kappa shape index (κ1) is 21.5. The highest BCUT2D eigenvalue weighted by Gasteiger charge is 2.09. The van der Waals surface area contributed by atoms with E-state index in [-0.39, 0.29) is 5.82 Å². The molecule has 5 heteroatoms. The zero-order valence-electron chi connectivity index (χ0n) is 18.0. The Hall–Kier alpha value is -3.78. The first-order valence-electron chi connectivity index (χ1n) is 10.8. The molecule has 0 aliphatic heterocycles. The number of halogens is 1. The summed E-state index contributed by atoms with van der Waals surface area (Å²) in [6.07, 6.45) is 6.23. The minimum absolute atomic E-state index is 0.155. The summed E-state index contributed by atoms with van der Waals surface area (Å²) in [4.78, 5) is 8.69. The van der Waals surface area contributed by atoms with Crippen molar-refractivity contribution in [2.24, 2.45) is 0 Å². The highest BCUT2D eigenvalue weighted by atomic mass is 19.1. The van der Waals surface area contributed by atoms with E-state index in [0.717, 1.165) is 35.2 Å². The van der Waals surface area contributed by atoms with Crippen LogP contribution in [0.25, 0.3) is 10.8 Å². The monoisotopic (exact) mass is 425 g/mol. The molecular weight excluding hydrogens is 401 g/mol. The van der Waals surface area contributed by atoms with E-state index in [2.05, 4.69) is 16.0 Å². The first-order valence-corrected chi connectivity index (χ1v) is 10.8. The lowest BCUT2D eigenvalue weighted by Gasteiger charge is -2.09. The molecule has 4 rings (SSSR count). The summed E-state index contributed by atoms with van der Waals surface area (Å²) in [6, 6.07) is 19.3. The SMILES string of the molecule is CCOc1cnc(CCc2ccc3c(F)c(CCc4ccc(C#N)cc4)ccc3c2)nc1. The van der Waals surface area contributed by atoms with Crippen molar-refractivity contribution < 1.29 is 9.13 Å². The molecule has 0 saturated heterocycles. The molecule has 0 atom stereocenters. The van der Waals surface area contributed by atoms with Crippen molar-refractivity contribution in [1.82, 2.24) is 9.97 Å². The molecule has 0 aliphatic rings. The fraction of sp³-hybridized carbons (Fsp3) is 0.222. The van der Waals surface area contributed by atoms with E-state index in [1.807, 2.05) is 49.4 Å². The predicted molar refractivity (Wildman–Crippen MR) is 123 cm³/mol. The second kappa shape index (κ2) is 10.0. The number of aryl methyl sites for hydroxylation is 4. The maximum atomic E-state index is 15.1. The molecule has 160 valence electrons. The van der Waals surface area contributed by atoms with Crippen molar-refractivity contribution in [1.29, 1.82) is 5.26 Å². The van der Waals surface area contributed by atoms with Crippen LogP contribution < -0.4 is 4.74 Å². The number of fused-ring (bicyclic) bond motifs is 1. The minimum Gasteiger partial charge on any atom is -0.491 e. The van der Waals surface area contributed by atoms with Gasteiger partial charge < -0.3 is 4.74 Å². The lowest BCUT2D eigenvalue weighted by molar-refractivity contribution is 0.337. The van der Waals surface area contributed by atoms with E-state index in [1.54, 1.807) is 24.5 Å². The highest BCUT2D eigenvalue weighted by Crippen LogP contribution is 2.24. The van der Waals surface area contributed by atoms with Crippen LogP contribution in [0.15, 0.2) is 67.0 Å². The predicted octanol–water partition coefficient (Wildman–Crippen LogP) is 5.61. The summed E-state index contributed by atoms with van der Waals surface area (Å²) in [5.41, 5.74) is 3.56. The van der Waals surface area contributed by atoms with Crippen LogP contribution >= 0.6 is 0 Å². The van der Waals surface area contributed by atoms with Crippen LogP contribution in [0.4, 0.5) is 4.39 Å². The molecule has 0 amide bonds. The van der Waals surface area contributed by atoms with Crippen molar-refractivity contribution in [2.75, 3.05) is 6.61 Å². The zero-order chi connectivity index (χ0) is 22.3. The molecule has 0 aliphatic carbocycles. The molecule has 0 N–H and O–H groups in total. The molecule has 4 aromatic rings. The number of nitriles is 1. The van der Waals surface area contributed by atoms with Gasteiger partial charge in [-0.3, -0.25) is 0 Å². The van der Waals surface area contributed by atoms with Crippen molar-refractivity contribution in [3.63, 3.8) is 0 Å². The molecule has 0 fully saturated rings. The van der Waals surface area contributed by atoms with Crippen LogP contribution in [0.3, 0.4) is 0 Å². The zero-order valence-corrected chi connectivity index (χ0v) is 18.0. The standard InChI is InChI=1S/C27H24FN3O/c1-2-32-24-17-30-26(31-18-24)14-9-20-8-13-25-23(15-20)12-11-22(27(25)28)10-7-19-3-5-21(16-29)6-4-19/h3-6,8,11-13,15,17-18H,2,7,9-10,14H2,1H3. The molecule has 0 radical (unpaired) electrons. The normalized spacial score (nSPS) is 10.8. The van der Waals surface area contributed by atoms with Gasteiger partial charge in [0.1, 0.15) is 11.6 Å². The van der Waals surface area contributed by atoms with Crippen molar-refractivity contribution >= 4 is 10.8 Å². The Balaban J connectivity index is 1.42. The van der Waals surface area contributed by atoms with Crippen molar-refractivity contribution in [3.05, 3.63) is 101 Å². The Kier molecular flexibility index (Phi) is 6.72. The number of hydrogen-bond acceptors (Lipinski definition) is 4. The number of hydrogen-bond donors (Lipinski definition) is 0. The fourth-order valence-corrected chi connectivity index (χ4v) is 3.73. The molecule has 0 bridgehead atoms. The van der Waals surface area contributed by atoms with Gasteiger partial charge in [-0.2, -0.15) is 5.26 Å². The summed E-state index contributed by atoms with van der Waals surface area (Å²) in [6.45, 7) is 2.52. The molecule has 0 unspecified atom stereocenters. The summed E-state index contributed by atoms with van der Waals surface area (Å²) in [5.74, 6) is 1.28. The molecule has 32 heavy (non-hydrogen) atoms. The molecule has 4 nitrogen and oxygen atoms in total. The van der Waals surface area contributed by atoms with Crippen LogP contribution in [0.5, 0.6) is 5.75 Å². The molecular formula is C27H24FN3O. The molecule has 1 heterocycles. The van der Waals surface area contributed by atoms with Gasteiger partial charge in [0, 0.05) is 11.8 Å². The Morgan fingerprint density at radius 1 is 0.875 bits per heavy atom. The quantitative estimate of drug-likeness (QED) is 0.368. The van der Waals surface area contributed by atoms with E-state index in [4.69, 9.17) is 10.00 Å². The average Bonchev–Trinajstić information content (AvgIpc) is 2.84. The maximum absolute atomic E-state index is 15.1. The summed E-state index contributed by atoms with van der Waals surface area (Å²) in [7, 11) is 0. The average molecular weight is 426 g/mol. The fourth-order valence-electron chi connectivity index (χ4n) is 3.73. The second-order valence-corrected chi connectivity index (χ2v) is 7.67. The van der Waals surface area contributed by atoms with Gasteiger partial charge in [0.25, 0.3) is 0 Å². The first-order chi connectivity index (χ1) is 15.7. The van der Waals surface area contributed by atoms with Crippen LogP contribution in [0.2, 0.25) is 0 Å². The van der Waals surface area contributed by atoms with Crippen LogP contribution in [0, 0.1) is 17.1 Å². The Bertz CT molecular complexity index is 1250. The third-order valence-corrected chi connectivity index (χ3v) is 5.49. The lowest BCUT2D eigenvalue weighted by Crippen LogP contribution is -2.00. The molecule has 0 spiro atoms. The highest BCUT2D eigenvalue weighted by molar-refractivity contribution is 5.84. The van der Waals surface area contributed by atoms with Gasteiger partial charge >= 0.3 is 0 Å². The summed E-state index contributed by atoms with van der Waals surface area (Å²) < 4.78 is 20.5. The molecule has 0 saturated carbocycles. The number of ether oxygens (including phenoxy) is 1. The summed E-state index contributed by atoms with van der Waals surface area (Å²) in [5, 5.41) is 10.4. The third kappa shape index (κ3) is 5.09. The van der Waals surface area contributed by atoms with Crippen molar-refractivity contribution in [3.8, 4) is 11.8 Å². The topological polar surface area (TPSA) is 58.8 Å². The van der Waals surface area contributed by atoms with Gasteiger partial charge in [0.15, 0.2) is 5.75 Å². The largest absolute Gasteiger partial charge is 0.491 e. The third-order valence-electron chi connectivity index (χ3n) is 5.49. The molecule has 1 aromatic heterocycles. The Labute approximate surface area is 187 Å². The summed E-state index contributed by atoms with van der Waals surface area (Å²) >= 11 is 0. The number of benzene rings is 3. The maximum Gasteiger partial charge on any atom is 0.155 e. The Morgan fingerprint density at radius 3 is 2.31 bits per heavy atom. The van der Waals surface area contributed by atoms with E-state index >= 15 is 4.39 Å². The van der Waals surface area contributed by atoms with E-state index in [1.165, 1.54) is 0 Å². The number of aromatic nitrogens is 2. The van der Waals surface area contributed by atoms with E-state index in [9.17, 15) is 0 Å². The molecule has 3 aromatic carbocycles. The number of nitrogens with zero attached hydrogens (tertiary/aromatic N) is 3. The van der Waals surface area contributed by atoms with Gasteiger partial charge in [-0.05, 0) is 60.4 Å². The Morgan fingerprint density at radius 2 is 1.59 bits per heavy atom. The van der Waals surface area contributed by atoms with Gasteiger partial charge in [-0.25, -0.2) is 14.4 Å².